The number of nitrogens with zero attached hydrogens (tertiary/aromatic N) is 2. The van der Waals surface area contributed by atoms with Crippen molar-refractivity contribution in [2.45, 2.75) is 38.9 Å². The topological polar surface area (TPSA) is 157 Å². The first-order chi connectivity index (χ1) is 16.5. The van der Waals surface area contributed by atoms with Gasteiger partial charge in [-0.15, -0.1) is 0 Å². The van der Waals surface area contributed by atoms with Gasteiger partial charge in [0.05, 0.1) is 12.2 Å². The molecule has 5 N–H and O–H groups in total. The van der Waals surface area contributed by atoms with Crippen LogP contribution in [0, 0.1) is 5.92 Å². The smallest absolute Gasteiger partial charge is 0.296 e. The van der Waals surface area contributed by atoms with E-state index >= 15 is 0 Å². The molecule has 3 rings (SSSR count). The fourth-order valence-corrected chi connectivity index (χ4v) is 3.81. The van der Waals surface area contributed by atoms with Crippen LogP contribution in [0.2, 0.25) is 0 Å². The summed E-state index contributed by atoms with van der Waals surface area (Å²) in [6.45, 7) is 6.04. The van der Waals surface area contributed by atoms with Crippen LogP contribution in [0.25, 0.3) is 0 Å². The Hall–Kier alpha value is -3.54. The van der Waals surface area contributed by atoms with E-state index in [4.69, 9.17) is 10.5 Å². The maximum Gasteiger partial charge on any atom is 0.296 e. The second-order valence-corrected chi connectivity index (χ2v) is 9.85. The molecule has 35 heavy (non-hydrogen) atoms. The van der Waals surface area contributed by atoms with Gasteiger partial charge in [-0.05, 0) is 36.1 Å². The molecule has 1 unspecified atom stereocenters. The summed E-state index contributed by atoms with van der Waals surface area (Å²) in [6, 6.07) is 15.2. The van der Waals surface area contributed by atoms with Gasteiger partial charge in [-0.25, -0.2) is 4.98 Å². The first kappa shape index (κ1) is 26.1. The lowest BCUT2D eigenvalue weighted by molar-refractivity contribution is 0.0860. The van der Waals surface area contributed by atoms with Crippen LogP contribution in [-0.2, 0) is 21.5 Å². The van der Waals surface area contributed by atoms with Crippen LogP contribution in [0.5, 0.6) is 0 Å². The quantitative estimate of drug-likeness (QED) is 0.287. The van der Waals surface area contributed by atoms with Gasteiger partial charge in [0.15, 0.2) is 0 Å². The molecule has 0 aliphatic carbocycles. The molecule has 2 aromatic carbocycles. The molecule has 11 heteroatoms. The first-order valence-corrected chi connectivity index (χ1v) is 12.5. The predicted octanol–water partition coefficient (Wildman–Crippen LogP) is 3.88. The summed E-state index contributed by atoms with van der Waals surface area (Å²) in [6.07, 6.45) is 1.37. The van der Waals surface area contributed by atoms with Crippen molar-refractivity contribution in [1.29, 1.82) is 0 Å². The zero-order valence-corrected chi connectivity index (χ0v) is 20.5. The lowest BCUT2D eigenvalue weighted by Crippen LogP contribution is -2.25. The van der Waals surface area contributed by atoms with E-state index in [-0.39, 0.29) is 24.2 Å². The average Bonchev–Trinajstić information content (AvgIpc) is 2.80. The Kier molecular flexibility index (Phi) is 8.39. The summed E-state index contributed by atoms with van der Waals surface area (Å²) >= 11 is 0. The van der Waals surface area contributed by atoms with E-state index in [0.717, 1.165) is 0 Å². The van der Waals surface area contributed by atoms with E-state index in [0.29, 0.717) is 28.6 Å². The van der Waals surface area contributed by atoms with Crippen LogP contribution in [-0.4, -0.2) is 34.9 Å². The minimum Gasteiger partial charge on any atom is -0.367 e. The molecule has 2 atom stereocenters. The summed E-state index contributed by atoms with van der Waals surface area (Å²) in [5, 5.41) is 6.27. The van der Waals surface area contributed by atoms with Gasteiger partial charge >= 0.3 is 0 Å². The SMILES string of the molecule is CC(C)C(C)Nc1nc(Nc2ccc(CO[C@@H](c3ccccc3)S(=O)(=O)O)cc2)ncc1C(N)=O. The number of anilines is 3. The third-order valence-corrected chi connectivity index (χ3v) is 6.32. The molecule has 0 bridgehead atoms. The maximum atomic E-state index is 11.8. The van der Waals surface area contributed by atoms with Crippen LogP contribution in [0.1, 0.15) is 47.7 Å². The molecule has 1 aromatic heterocycles. The van der Waals surface area contributed by atoms with E-state index in [1.165, 1.54) is 6.20 Å². The Morgan fingerprint density at radius 1 is 1.09 bits per heavy atom. The van der Waals surface area contributed by atoms with Crippen LogP contribution >= 0.6 is 0 Å². The van der Waals surface area contributed by atoms with Crippen molar-refractivity contribution in [3.8, 4) is 0 Å². The zero-order chi connectivity index (χ0) is 25.6. The molecule has 0 spiro atoms. The summed E-state index contributed by atoms with van der Waals surface area (Å²) in [4.78, 5) is 20.3. The zero-order valence-electron chi connectivity index (χ0n) is 19.7. The molecule has 10 nitrogen and oxygen atoms in total. The van der Waals surface area contributed by atoms with E-state index < -0.39 is 21.5 Å². The Bertz CT molecular complexity index is 1250. The fraction of sp³-hybridized carbons (Fsp3) is 0.292. The molecule has 1 amide bonds. The summed E-state index contributed by atoms with van der Waals surface area (Å²) in [5.41, 5.74) is 5.86. The summed E-state index contributed by atoms with van der Waals surface area (Å²) in [7, 11) is -4.45. The highest BCUT2D eigenvalue weighted by atomic mass is 32.2. The number of benzene rings is 2. The van der Waals surface area contributed by atoms with E-state index in [2.05, 4.69) is 20.6 Å². The minimum absolute atomic E-state index is 0.0371. The summed E-state index contributed by atoms with van der Waals surface area (Å²) in [5.74, 6) is 0.295. The Balaban J connectivity index is 1.71. The number of rotatable bonds is 11. The van der Waals surface area contributed by atoms with Gasteiger partial charge in [-0.3, -0.25) is 9.35 Å². The van der Waals surface area contributed by atoms with Crippen LogP contribution < -0.4 is 16.4 Å². The van der Waals surface area contributed by atoms with Crippen molar-refractivity contribution in [3.63, 3.8) is 0 Å². The normalized spacial score (nSPS) is 13.3. The van der Waals surface area contributed by atoms with Gasteiger partial charge < -0.3 is 21.1 Å². The number of primary amides is 1. The molecule has 0 saturated heterocycles. The number of carbonyl (C=O) groups is 1. The molecular weight excluding hydrogens is 470 g/mol. The number of aromatic nitrogens is 2. The van der Waals surface area contributed by atoms with Crippen molar-refractivity contribution < 1.29 is 22.5 Å². The molecule has 0 aliphatic heterocycles. The molecule has 0 radical (unpaired) electrons. The fourth-order valence-electron chi connectivity index (χ4n) is 3.06. The van der Waals surface area contributed by atoms with Gasteiger partial charge in [-0.2, -0.15) is 13.4 Å². The lowest BCUT2D eigenvalue weighted by atomic mass is 10.1. The number of amides is 1. The van der Waals surface area contributed by atoms with Crippen LogP contribution in [0.4, 0.5) is 17.5 Å². The van der Waals surface area contributed by atoms with Crippen molar-refractivity contribution in [2.24, 2.45) is 11.7 Å². The average molecular weight is 500 g/mol. The van der Waals surface area contributed by atoms with Gasteiger partial charge in [0, 0.05) is 17.9 Å². The number of nitrogens with two attached hydrogens (primary N) is 1. The van der Waals surface area contributed by atoms with Crippen molar-refractivity contribution in [1.82, 2.24) is 9.97 Å². The molecular formula is C24H29N5O5S. The molecule has 186 valence electrons. The second-order valence-electron chi connectivity index (χ2n) is 8.39. The van der Waals surface area contributed by atoms with E-state index in [1.807, 2.05) is 20.8 Å². The molecule has 1 heterocycles. The Labute approximate surface area is 204 Å². The van der Waals surface area contributed by atoms with Gasteiger partial charge in [0.25, 0.3) is 16.0 Å². The number of carbonyl (C=O) groups excluding carboxylic acids is 1. The number of ether oxygens (including phenoxy) is 1. The largest absolute Gasteiger partial charge is 0.367 e. The Morgan fingerprint density at radius 2 is 1.74 bits per heavy atom. The first-order valence-electron chi connectivity index (χ1n) is 11.0. The third kappa shape index (κ3) is 7.22. The van der Waals surface area contributed by atoms with Crippen LogP contribution in [0.15, 0.2) is 60.8 Å². The highest BCUT2D eigenvalue weighted by molar-refractivity contribution is 7.85. The molecule has 3 aromatic rings. The number of nitrogens with one attached hydrogen (secondary N) is 2. The third-order valence-electron chi connectivity index (χ3n) is 5.37. The number of hydrogen-bond acceptors (Lipinski definition) is 8. The molecule has 0 saturated carbocycles. The van der Waals surface area contributed by atoms with Crippen molar-refractivity contribution in [2.75, 3.05) is 10.6 Å². The predicted molar refractivity (Wildman–Crippen MR) is 134 cm³/mol. The lowest BCUT2D eigenvalue weighted by Gasteiger charge is -2.20. The Morgan fingerprint density at radius 3 is 2.31 bits per heavy atom. The van der Waals surface area contributed by atoms with E-state index in [1.54, 1.807) is 54.6 Å². The molecule has 0 fully saturated rings. The monoisotopic (exact) mass is 499 g/mol. The van der Waals surface area contributed by atoms with Crippen molar-refractivity contribution in [3.05, 3.63) is 77.5 Å². The summed E-state index contributed by atoms with van der Waals surface area (Å²) < 4.78 is 38.6. The number of hydrogen-bond donors (Lipinski definition) is 4. The highest BCUT2D eigenvalue weighted by Crippen LogP contribution is 2.25. The van der Waals surface area contributed by atoms with E-state index in [9.17, 15) is 17.8 Å². The van der Waals surface area contributed by atoms with Crippen molar-refractivity contribution >= 4 is 33.5 Å². The highest BCUT2D eigenvalue weighted by Gasteiger charge is 2.25. The standard InChI is InChI=1S/C24H29N5O5S/c1-15(2)16(3)27-22-20(21(25)30)13-26-24(29-22)28-19-11-9-17(10-12-19)14-34-23(35(31,32)33)18-7-5-4-6-8-18/h4-13,15-16,23H,14H2,1-3H3,(H2,25,30)(H,31,32,33)(H2,26,27,28,29)/t16?,23-/m1/s1. The maximum absolute atomic E-state index is 11.8. The minimum atomic E-state index is -4.45. The van der Waals surface area contributed by atoms with Gasteiger partial charge in [0.1, 0.15) is 5.82 Å². The van der Waals surface area contributed by atoms with Gasteiger partial charge in [0.2, 0.25) is 11.4 Å². The van der Waals surface area contributed by atoms with Gasteiger partial charge in [-0.1, -0.05) is 56.3 Å². The second kappa shape index (κ2) is 11.3. The van der Waals surface area contributed by atoms with Crippen LogP contribution in [0.3, 0.4) is 0 Å². The molecule has 0 aliphatic rings.